The third-order valence-electron chi connectivity index (χ3n) is 3.49. The van der Waals surface area contributed by atoms with E-state index in [0.717, 1.165) is 29.7 Å². The molecule has 1 aliphatic carbocycles. The number of halogens is 1. The maximum Gasteiger partial charge on any atom is 0.251 e. The summed E-state index contributed by atoms with van der Waals surface area (Å²) in [6.07, 6.45) is 4.44. The minimum atomic E-state index is -0.486. The number of thioether (sulfide) groups is 1. The number of hydrogen-bond acceptors (Lipinski definition) is 5. The van der Waals surface area contributed by atoms with Crippen molar-refractivity contribution in [2.24, 2.45) is 5.73 Å². The minimum absolute atomic E-state index is 0.164. The second-order valence-electron chi connectivity index (χ2n) is 5.05. The number of fused-ring (bicyclic) bond motifs is 1. The number of pyridine rings is 1. The third kappa shape index (κ3) is 3.52. The quantitative estimate of drug-likeness (QED) is 0.795. The van der Waals surface area contributed by atoms with Crippen LogP contribution in [0.3, 0.4) is 0 Å². The van der Waals surface area contributed by atoms with E-state index in [9.17, 15) is 9.59 Å². The van der Waals surface area contributed by atoms with E-state index in [4.69, 9.17) is 17.3 Å². The molecule has 0 saturated heterocycles. The van der Waals surface area contributed by atoms with Crippen molar-refractivity contribution in [2.45, 2.75) is 24.3 Å². The molecular weight excluding hydrogens is 354 g/mol. The molecule has 120 valence electrons. The molecule has 0 bridgehead atoms. The zero-order chi connectivity index (χ0) is 16.4. The predicted octanol–water partition coefficient (Wildman–Crippen LogP) is 3.11. The average molecular weight is 368 g/mol. The Bertz CT molecular complexity index is 776. The van der Waals surface area contributed by atoms with Crippen molar-refractivity contribution in [3.05, 3.63) is 39.4 Å². The summed E-state index contributed by atoms with van der Waals surface area (Å²) < 4.78 is 0. The van der Waals surface area contributed by atoms with E-state index in [1.54, 1.807) is 18.3 Å². The number of nitrogens with one attached hydrogen (secondary N) is 1. The Balaban J connectivity index is 1.69. The van der Waals surface area contributed by atoms with Crippen molar-refractivity contribution in [1.29, 1.82) is 0 Å². The van der Waals surface area contributed by atoms with E-state index < -0.39 is 5.91 Å². The fourth-order valence-electron chi connectivity index (χ4n) is 2.53. The van der Waals surface area contributed by atoms with Gasteiger partial charge in [-0.3, -0.25) is 9.59 Å². The summed E-state index contributed by atoms with van der Waals surface area (Å²) >= 11 is 8.71. The van der Waals surface area contributed by atoms with Crippen LogP contribution in [0, 0.1) is 0 Å². The number of rotatable bonds is 5. The molecule has 23 heavy (non-hydrogen) atoms. The Hall–Kier alpha value is -1.57. The van der Waals surface area contributed by atoms with Gasteiger partial charge < -0.3 is 11.1 Å². The molecule has 2 heterocycles. The van der Waals surface area contributed by atoms with Crippen molar-refractivity contribution < 1.29 is 9.59 Å². The monoisotopic (exact) mass is 367 g/mol. The molecule has 3 rings (SSSR count). The van der Waals surface area contributed by atoms with Gasteiger partial charge in [-0.05, 0) is 37.0 Å². The first-order valence-corrected chi connectivity index (χ1v) is 9.21. The number of primary amides is 1. The number of hydrogen-bond donors (Lipinski definition) is 2. The fourth-order valence-corrected chi connectivity index (χ4v) is 4.80. The van der Waals surface area contributed by atoms with E-state index in [0.29, 0.717) is 20.6 Å². The second kappa shape index (κ2) is 6.90. The molecule has 0 atom stereocenters. The molecule has 0 spiro atoms. The van der Waals surface area contributed by atoms with Gasteiger partial charge in [-0.15, -0.1) is 11.3 Å². The van der Waals surface area contributed by atoms with Crippen LogP contribution in [0.4, 0.5) is 5.00 Å². The number of aryl methyl sites for hydroxylation is 1. The van der Waals surface area contributed by atoms with Gasteiger partial charge >= 0.3 is 0 Å². The number of nitrogens with two attached hydrogens (primary N) is 1. The third-order valence-corrected chi connectivity index (χ3v) is 6.11. The minimum Gasteiger partial charge on any atom is -0.365 e. The summed E-state index contributed by atoms with van der Waals surface area (Å²) in [5, 5.41) is 4.47. The molecule has 0 fully saturated rings. The Kier molecular flexibility index (Phi) is 4.89. The van der Waals surface area contributed by atoms with Crippen LogP contribution < -0.4 is 11.1 Å². The van der Waals surface area contributed by atoms with Gasteiger partial charge in [-0.2, -0.15) is 0 Å². The molecule has 0 saturated carbocycles. The van der Waals surface area contributed by atoms with Gasteiger partial charge in [-0.25, -0.2) is 4.98 Å². The van der Waals surface area contributed by atoms with Crippen LogP contribution in [0.15, 0.2) is 23.4 Å². The number of anilines is 1. The molecule has 0 aliphatic heterocycles. The van der Waals surface area contributed by atoms with Crippen molar-refractivity contribution in [2.75, 3.05) is 11.1 Å². The first-order valence-electron chi connectivity index (χ1n) is 7.03. The molecular formula is C15H14ClN3O2S2. The smallest absolute Gasteiger partial charge is 0.251 e. The molecule has 3 N–H and O–H groups in total. The highest BCUT2D eigenvalue weighted by atomic mass is 35.5. The topological polar surface area (TPSA) is 85.1 Å². The summed E-state index contributed by atoms with van der Waals surface area (Å²) in [7, 11) is 0. The lowest BCUT2D eigenvalue weighted by molar-refractivity contribution is -0.113. The highest BCUT2D eigenvalue weighted by molar-refractivity contribution is 8.00. The molecule has 2 aromatic rings. The maximum atomic E-state index is 12.2. The van der Waals surface area contributed by atoms with E-state index in [1.807, 2.05) is 0 Å². The van der Waals surface area contributed by atoms with Gasteiger partial charge in [-0.1, -0.05) is 23.4 Å². The van der Waals surface area contributed by atoms with E-state index >= 15 is 0 Å². The number of nitrogens with zero attached hydrogens (tertiary/aromatic N) is 1. The lowest BCUT2D eigenvalue weighted by Gasteiger charge is -2.06. The van der Waals surface area contributed by atoms with Crippen molar-refractivity contribution >= 4 is 51.5 Å². The highest BCUT2D eigenvalue weighted by Gasteiger charge is 2.26. The number of carbonyl (C=O) groups excluding carboxylic acids is 2. The summed E-state index contributed by atoms with van der Waals surface area (Å²) in [6.45, 7) is 0. The van der Waals surface area contributed by atoms with Gasteiger partial charge in [0.1, 0.15) is 10.0 Å². The van der Waals surface area contributed by atoms with Gasteiger partial charge in [0.25, 0.3) is 5.91 Å². The number of amides is 2. The van der Waals surface area contributed by atoms with Crippen molar-refractivity contribution in [3.8, 4) is 0 Å². The molecule has 1 aliphatic rings. The zero-order valence-electron chi connectivity index (χ0n) is 12.1. The molecule has 0 unspecified atom stereocenters. The zero-order valence-corrected chi connectivity index (χ0v) is 14.5. The summed E-state index contributed by atoms with van der Waals surface area (Å²) in [5.74, 6) is -0.531. The average Bonchev–Trinajstić information content (AvgIpc) is 3.06. The Morgan fingerprint density at radius 1 is 1.43 bits per heavy atom. The number of carbonyl (C=O) groups is 2. The molecule has 8 heteroatoms. The van der Waals surface area contributed by atoms with Crippen LogP contribution in [-0.4, -0.2) is 22.6 Å². The SMILES string of the molecule is NC(=O)c1c(NC(=O)CSc2ncccc2Cl)sc2c1CCC2. The van der Waals surface area contributed by atoms with Crippen LogP contribution in [0.2, 0.25) is 5.02 Å². The van der Waals surface area contributed by atoms with Gasteiger partial charge in [0.05, 0.1) is 16.3 Å². The summed E-state index contributed by atoms with van der Waals surface area (Å²) in [4.78, 5) is 29.1. The standard InChI is InChI=1S/C15H14ClN3O2S2/c16-9-4-2-6-18-14(9)22-7-11(20)19-15-12(13(17)21)8-3-1-5-10(8)23-15/h2,4,6H,1,3,5,7H2,(H2,17,21)(H,19,20). The molecule has 2 amide bonds. The number of aromatic nitrogens is 1. The van der Waals surface area contributed by atoms with Crippen LogP contribution >= 0.6 is 34.7 Å². The van der Waals surface area contributed by atoms with E-state index in [2.05, 4.69) is 10.3 Å². The normalized spacial score (nSPS) is 12.9. The highest BCUT2D eigenvalue weighted by Crippen LogP contribution is 2.39. The van der Waals surface area contributed by atoms with Gasteiger partial charge in [0.15, 0.2) is 0 Å². The first-order chi connectivity index (χ1) is 11.1. The Morgan fingerprint density at radius 2 is 2.26 bits per heavy atom. The van der Waals surface area contributed by atoms with Crippen molar-refractivity contribution in [1.82, 2.24) is 4.98 Å². The molecule has 0 aromatic carbocycles. The van der Waals surface area contributed by atoms with Gasteiger partial charge in [0.2, 0.25) is 5.91 Å². The largest absolute Gasteiger partial charge is 0.365 e. The fraction of sp³-hybridized carbons (Fsp3) is 0.267. The van der Waals surface area contributed by atoms with Crippen LogP contribution in [-0.2, 0) is 17.6 Å². The lowest BCUT2D eigenvalue weighted by atomic mass is 10.1. The van der Waals surface area contributed by atoms with Crippen LogP contribution in [0.25, 0.3) is 0 Å². The molecule has 2 aromatic heterocycles. The Morgan fingerprint density at radius 3 is 3.00 bits per heavy atom. The lowest BCUT2D eigenvalue weighted by Crippen LogP contribution is -2.18. The molecule has 5 nitrogen and oxygen atoms in total. The maximum absolute atomic E-state index is 12.2. The van der Waals surface area contributed by atoms with Crippen molar-refractivity contribution in [3.63, 3.8) is 0 Å². The molecule has 0 radical (unpaired) electrons. The number of thiophene rings is 1. The first kappa shape index (κ1) is 16.3. The van der Waals surface area contributed by atoms with Gasteiger partial charge in [0, 0.05) is 11.1 Å². The summed E-state index contributed by atoms with van der Waals surface area (Å²) in [5.41, 5.74) is 6.94. The second-order valence-corrected chi connectivity index (χ2v) is 7.53. The van der Waals surface area contributed by atoms with E-state index in [1.165, 1.54) is 23.1 Å². The Labute approximate surface area is 146 Å². The van der Waals surface area contributed by atoms with Crippen LogP contribution in [0.5, 0.6) is 0 Å². The van der Waals surface area contributed by atoms with E-state index in [-0.39, 0.29) is 11.7 Å². The van der Waals surface area contributed by atoms with Crippen LogP contribution in [0.1, 0.15) is 27.2 Å². The summed E-state index contributed by atoms with van der Waals surface area (Å²) in [6, 6.07) is 3.46. The predicted molar refractivity (Wildman–Crippen MR) is 93.5 cm³/mol.